The van der Waals surface area contributed by atoms with Gasteiger partial charge in [0.05, 0.1) is 28.3 Å². The average Bonchev–Trinajstić information content (AvgIpc) is 3.17. The minimum Gasteiger partial charge on any atom is -0.478 e. The molecule has 0 unspecified atom stereocenters. The average molecular weight is 475 g/mol. The second-order valence-corrected chi connectivity index (χ2v) is 8.09. The second-order valence-electron chi connectivity index (χ2n) is 8.09. The van der Waals surface area contributed by atoms with Crippen molar-refractivity contribution in [1.82, 2.24) is 14.5 Å². The predicted octanol–water partition coefficient (Wildman–Crippen LogP) is 5.46. The maximum Gasteiger partial charge on any atom is 0.338 e. The molecule has 0 saturated heterocycles. The molecule has 0 saturated carbocycles. The highest BCUT2D eigenvalue weighted by molar-refractivity contribution is 6.20. The fourth-order valence-corrected chi connectivity index (χ4v) is 4.13. The van der Waals surface area contributed by atoms with Crippen LogP contribution in [0.5, 0.6) is 0 Å². The molecule has 3 aromatic heterocycles. The molecule has 8 heteroatoms. The SMILES string of the molecule is C.CC(=O)C(=C(C)N)c1cnc2c(-c3ccc(F)c(C(=O)O)c3)cn([C@@H](C)c3ccccn3)c2c1. The van der Waals surface area contributed by atoms with E-state index in [-0.39, 0.29) is 19.3 Å². The van der Waals surface area contributed by atoms with E-state index in [1.165, 1.54) is 19.1 Å². The van der Waals surface area contributed by atoms with Gasteiger partial charge in [0, 0.05) is 41.0 Å². The lowest BCUT2D eigenvalue weighted by Crippen LogP contribution is -2.08. The van der Waals surface area contributed by atoms with Crippen LogP contribution in [0.15, 0.2) is 66.8 Å². The minimum absolute atomic E-state index is 0. The molecule has 0 aliphatic carbocycles. The first-order valence-corrected chi connectivity index (χ1v) is 10.6. The molecule has 0 spiro atoms. The van der Waals surface area contributed by atoms with E-state index in [0.29, 0.717) is 39.0 Å². The molecule has 4 aromatic rings. The van der Waals surface area contributed by atoms with E-state index >= 15 is 0 Å². The number of allylic oxidation sites excluding steroid dienone is 2. The smallest absolute Gasteiger partial charge is 0.338 e. The summed E-state index contributed by atoms with van der Waals surface area (Å²) in [6, 6.07) is 11.2. The van der Waals surface area contributed by atoms with E-state index in [0.717, 1.165) is 11.8 Å². The van der Waals surface area contributed by atoms with Gasteiger partial charge >= 0.3 is 5.97 Å². The van der Waals surface area contributed by atoms with E-state index in [4.69, 9.17) is 5.73 Å². The summed E-state index contributed by atoms with van der Waals surface area (Å²) in [5.74, 6) is -2.34. The molecule has 1 aromatic carbocycles. The van der Waals surface area contributed by atoms with Gasteiger partial charge in [-0.2, -0.15) is 0 Å². The van der Waals surface area contributed by atoms with Crippen LogP contribution in [-0.2, 0) is 4.79 Å². The molecular formula is C27H27FN4O3. The van der Waals surface area contributed by atoms with E-state index in [9.17, 15) is 19.1 Å². The van der Waals surface area contributed by atoms with Gasteiger partial charge < -0.3 is 15.4 Å². The molecule has 3 N–H and O–H groups in total. The zero-order chi connectivity index (χ0) is 24.6. The van der Waals surface area contributed by atoms with Gasteiger partial charge in [-0.15, -0.1) is 0 Å². The summed E-state index contributed by atoms with van der Waals surface area (Å²) in [6.07, 6.45) is 5.11. The summed E-state index contributed by atoms with van der Waals surface area (Å²) >= 11 is 0. The monoisotopic (exact) mass is 474 g/mol. The molecule has 0 aliphatic heterocycles. The number of hydrogen-bond acceptors (Lipinski definition) is 5. The highest BCUT2D eigenvalue weighted by Gasteiger charge is 2.21. The van der Waals surface area contributed by atoms with Gasteiger partial charge in [-0.3, -0.25) is 14.8 Å². The van der Waals surface area contributed by atoms with Crippen LogP contribution in [0.2, 0.25) is 0 Å². The molecule has 1 atom stereocenters. The van der Waals surface area contributed by atoms with Gasteiger partial charge in [0.25, 0.3) is 0 Å². The van der Waals surface area contributed by atoms with Crippen molar-refractivity contribution in [2.24, 2.45) is 5.73 Å². The van der Waals surface area contributed by atoms with Gasteiger partial charge in [-0.05, 0) is 56.7 Å². The molecule has 180 valence electrons. The number of aromatic carboxylic acids is 1. The van der Waals surface area contributed by atoms with Crippen molar-refractivity contribution < 1.29 is 19.1 Å². The minimum atomic E-state index is -1.35. The number of rotatable bonds is 6. The van der Waals surface area contributed by atoms with Gasteiger partial charge in [0.2, 0.25) is 0 Å². The zero-order valence-electron chi connectivity index (χ0n) is 18.9. The summed E-state index contributed by atoms with van der Waals surface area (Å²) < 4.78 is 16.0. The van der Waals surface area contributed by atoms with Crippen LogP contribution in [0.25, 0.3) is 27.7 Å². The Kier molecular flexibility index (Phi) is 7.14. The first-order chi connectivity index (χ1) is 16.2. The van der Waals surface area contributed by atoms with Crippen molar-refractivity contribution in [2.75, 3.05) is 0 Å². The molecule has 0 fully saturated rings. The molecule has 4 rings (SSSR count). The van der Waals surface area contributed by atoms with Crippen LogP contribution < -0.4 is 5.73 Å². The normalized spacial score (nSPS) is 12.6. The number of Topliss-reactive ketones (excluding diaryl/α,β-unsaturated/α-hetero) is 1. The Balaban J connectivity index is 0.00000342. The standard InChI is InChI=1S/C26H23FN4O3.CH4/c1-14(28)24(16(3)32)18-11-23-25(30-12-18)20(17-7-8-21(27)19(10-17)26(33)34)13-31(23)15(2)22-6-4-5-9-29-22;/h4-13,15H,28H2,1-3H3,(H,33,34);1H4/t15-;/m0./s1. The Morgan fingerprint density at radius 2 is 1.86 bits per heavy atom. The zero-order valence-corrected chi connectivity index (χ0v) is 18.9. The molecular weight excluding hydrogens is 447 g/mol. The lowest BCUT2D eigenvalue weighted by atomic mass is 10.0. The Morgan fingerprint density at radius 1 is 1.11 bits per heavy atom. The summed E-state index contributed by atoms with van der Waals surface area (Å²) in [7, 11) is 0. The number of carboxylic acid groups (broad SMARTS) is 1. The summed E-state index contributed by atoms with van der Waals surface area (Å²) in [5, 5.41) is 9.38. The van der Waals surface area contributed by atoms with E-state index < -0.39 is 17.3 Å². The van der Waals surface area contributed by atoms with Crippen LogP contribution in [0.4, 0.5) is 4.39 Å². The van der Waals surface area contributed by atoms with Crippen molar-refractivity contribution in [3.63, 3.8) is 0 Å². The fraction of sp³-hybridized carbons (Fsp3) is 0.185. The summed E-state index contributed by atoms with van der Waals surface area (Å²) in [4.78, 5) is 32.8. The molecule has 0 bridgehead atoms. The van der Waals surface area contributed by atoms with Crippen molar-refractivity contribution in [3.05, 3.63) is 89.4 Å². The number of nitrogens with zero attached hydrogens (tertiary/aromatic N) is 3. The molecule has 3 heterocycles. The van der Waals surface area contributed by atoms with Crippen molar-refractivity contribution in [3.8, 4) is 11.1 Å². The van der Waals surface area contributed by atoms with Crippen LogP contribution in [-0.4, -0.2) is 31.4 Å². The number of fused-ring (bicyclic) bond motifs is 1. The number of carbonyl (C=O) groups is 2. The lowest BCUT2D eigenvalue weighted by Gasteiger charge is -2.15. The largest absolute Gasteiger partial charge is 0.478 e. The maximum atomic E-state index is 14.0. The van der Waals surface area contributed by atoms with Crippen molar-refractivity contribution >= 4 is 28.4 Å². The van der Waals surface area contributed by atoms with E-state index in [1.54, 1.807) is 19.3 Å². The van der Waals surface area contributed by atoms with Gasteiger partial charge in [-0.25, -0.2) is 9.18 Å². The number of carbonyl (C=O) groups excluding carboxylic acids is 1. The maximum absolute atomic E-state index is 14.0. The number of hydrogen-bond donors (Lipinski definition) is 2. The van der Waals surface area contributed by atoms with Crippen LogP contribution in [0.3, 0.4) is 0 Å². The molecule has 7 nitrogen and oxygen atoms in total. The number of aromatic nitrogens is 3. The molecule has 0 radical (unpaired) electrons. The number of pyridine rings is 2. The Bertz CT molecular complexity index is 1450. The number of nitrogens with two attached hydrogens (primary N) is 1. The van der Waals surface area contributed by atoms with Crippen LogP contribution in [0.1, 0.15) is 55.9 Å². The highest BCUT2D eigenvalue weighted by Crippen LogP contribution is 2.35. The van der Waals surface area contributed by atoms with E-state index in [2.05, 4.69) is 9.97 Å². The number of ketones is 1. The lowest BCUT2D eigenvalue weighted by molar-refractivity contribution is -0.111. The molecule has 0 amide bonds. The number of carboxylic acids is 1. The Labute approximate surface area is 202 Å². The van der Waals surface area contributed by atoms with Gasteiger partial charge in [0.15, 0.2) is 5.78 Å². The third kappa shape index (κ3) is 4.68. The molecule has 35 heavy (non-hydrogen) atoms. The van der Waals surface area contributed by atoms with E-state index in [1.807, 2.05) is 42.0 Å². The van der Waals surface area contributed by atoms with Crippen molar-refractivity contribution in [1.29, 1.82) is 0 Å². The van der Waals surface area contributed by atoms with Crippen LogP contribution >= 0.6 is 0 Å². The van der Waals surface area contributed by atoms with Crippen LogP contribution in [0, 0.1) is 5.82 Å². The Hall–Kier alpha value is -4.33. The second kappa shape index (κ2) is 9.89. The fourth-order valence-electron chi connectivity index (χ4n) is 4.13. The summed E-state index contributed by atoms with van der Waals surface area (Å²) in [5.41, 5.74) is 10.1. The third-order valence-corrected chi connectivity index (χ3v) is 5.74. The number of halogens is 1. The van der Waals surface area contributed by atoms with Gasteiger partial charge in [-0.1, -0.05) is 19.6 Å². The third-order valence-electron chi connectivity index (χ3n) is 5.74. The Morgan fingerprint density at radius 3 is 2.46 bits per heavy atom. The number of benzene rings is 1. The van der Waals surface area contributed by atoms with Crippen molar-refractivity contribution in [2.45, 2.75) is 34.2 Å². The first kappa shape index (κ1) is 25.3. The van der Waals surface area contributed by atoms with Gasteiger partial charge in [0.1, 0.15) is 5.82 Å². The summed E-state index contributed by atoms with van der Waals surface area (Å²) in [6.45, 7) is 5.08. The topological polar surface area (TPSA) is 111 Å². The quantitative estimate of drug-likeness (QED) is 0.359. The first-order valence-electron chi connectivity index (χ1n) is 10.6. The highest BCUT2D eigenvalue weighted by atomic mass is 19.1. The predicted molar refractivity (Wildman–Crippen MR) is 134 cm³/mol. The molecule has 0 aliphatic rings.